The number of para-hydroxylation sites is 1. The van der Waals surface area contributed by atoms with Gasteiger partial charge in [0.25, 0.3) is 0 Å². The lowest BCUT2D eigenvalue weighted by Gasteiger charge is -2.20. The Labute approximate surface area is 191 Å². The van der Waals surface area contributed by atoms with E-state index < -0.39 is 22.0 Å². The van der Waals surface area contributed by atoms with Gasteiger partial charge in [0, 0.05) is 5.02 Å². The minimum Gasteiger partial charge on any atom is -0.495 e. The van der Waals surface area contributed by atoms with Gasteiger partial charge in [-0.3, -0.25) is 4.79 Å². The molecular weight excluding hydrogens is 459 g/mol. The number of anilines is 1. The summed E-state index contributed by atoms with van der Waals surface area (Å²) < 4.78 is 33.9. The molecule has 9 heteroatoms. The van der Waals surface area contributed by atoms with E-state index in [1.54, 1.807) is 24.3 Å². The van der Waals surface area contributed by atoms with Crippen molar-refractivity contribution in [3.8, 4) is 5.75 Å². The summed E-state index contributed by atoms with van der Waals surface area (Å²) in [5.41, 5.74) is 1.16. The molecular formula is C22H20Cl2N2O4S. The summed E-state index contributed by atoms with van der Waals surface area (Å²) in [5, 5.41) is 3.25. The Hall–Kier alpha value is -2.58. The van der Waals surface area contributed by atoms with Crippen LogP contribution >= 0.6 is 23.2 Å². The molecule has 0 spiro atoms. The fourth-order valence-corrected chi connectivity index (χ4v) is 4.74. The van der Waals surface area contributed by atoms with Crippen molar-refractivity contribution in [3.63, 3.8) is 0 Å². The molecule has 0 heterocycles. The second kappa shape index (κ2) is 10.2. The maximum absolute atomic E-state index is 13.1. The first-order valence-electron chi connectivity index (χ1n) is 9.25. The van der Waals surface area contributed by atoms with Gasteiger partial charge in [0.05, 0.1) is 17.8 Å². The van der Waals surface area contributed by atoms with E-state index >= 15 is 0 Å². The predicted octanol–water partition coefficient (Wildman–Crippen LogP) is 4.53. The molecule has 0 aliphatic carbocycles. The Morgan fingerprint density at radius 1 is 1.00 bits per heavy atom. The number of hydrogen-bond acceptors (Lipinski definition) is 4. The maximum Gasteiger partial charge on any atom is 0.245 e. The summed E-state index contributed by atoms with van der Waals surface area (Å²) in [5.74, 6) is -0.441. The molecule has 0 saturated heterocycles. The van der Waals surface area contributed by atoms with Crippen molar-refractivity contribution >= 4 is 44.8 Å². The number of hydrogen-bond donors (Lipinski definition) is 2. The number of amides is 1. The largest absolute Gasteiger partial charge is 0.495 e. The van der Waals surface area contributed by atoms with Crippen LogP contribution in [0.15, 0.2) is 77.7 Å². The van der Waals surface area contributed by atoms with Crippen molar-refractivity contribution in [2.24, 2.45) is 0 Å². The van der Waals surface area contributed by atoms with Crippen LogP contribution in [0.3, 0.4) is 0 Å². The average molecular weight is 479 g/mol. The van der Waals surface area contributed by atoms with Crippen LogP contribution in [-0.4, -0.2) is 27.5 Å². The van der Waals surface area contributed by atoms with Gasteiger partial charge in [-0.05, 0) is 42.3 Å². The molecule has 3 rings (SSSR count). The maximum atomic E-state index is 13.1. The summed E-state index contributed by atoms with van der Waals surface area (Å²) in [4.78, 5) is 12.9. The van der Waals surface area contributed by atoms with Gasteiger partial charge >= 0.3 is 0 Å². The minimum absolute atomic E-state index is 0.113. The van der Waals surface area contributed by atoms with Gasteiger partial charge in [-0.1, -0.05) is 65.7 Å². The van der Waals surface area contributed by atoms with Gasteiger partial charge in [0.2, 0.25) is 15.9 Å². The summed E-state index contributed by atoms with van der Waals surface area (Å²) >= 11 is 12.1. The van der Waals surface area contributed by atoms with Crippen LogP contribution in [0.25, 0.3) is 0 Å². The number of carbonyl (C=O) groups is 1. The van der Waals surface area contributed by atoms with Crippen LogP contribution in [0.5, 0.6) is 5.75 Å². The third kappa shape index (κ3) is 5.98. The second-order valence-corrected chi connectivity index (χ2v) is 9.15. The highest BCUT2D eigenvalue weighted by Crippen LogP contribution is 2.27. The summed E-state index contributed by atoms with van der Waals surface area (Å²) in [6.45, 7) is 0. The average Bonchev–Trinajstić information content (AvgIpc) is 2.75. The molecule has 0 saturated carbocycles. The lowest BCUT2D eigenvalue weighted by atomic mass is 10.1. The Morgan fingerprint density at radius 3 is 2.35 bits per heavy atom. The van der Waals surface area contributed by atoms with Gasteiger partial charge in [0.1, 0.15) is 16.7 Å². The molecule has 0 aliphatic rings. The first kappa shape index (κ1) is 23.1. The van der Waals surface area contributed by atoms with Crippen molar-refractivity contribution in [1.82, 2.24) is 4.72 Å². The number of ether oxygens (including phenoxy) is 1. The van der Waals surface area contributed by atoms with Crippen LogP contribution in [0.4, 0.5) is 5.69 Å². The van der Waals surface area contributed by atoms with E-state index in [0.29, 0.717) is 10.7 Å². The molecule has 2 N–H and O–H groups in total. The number of rotatable bonds is 8. The fraction of sp³-hybridized carbons (Fsp3) is 0.136. The van der Waals surface area contributed by atoms with Crippen LogP contribution in [0.1, 0.15) is 5.56 Å². The van der Waals surface area contributed by atoms with Gasteiger partial charge < -0.3 is 10.1 Å². The number of halogens is 2. The van der Waals surface area contributed by atoms with E-state index in [2.05, 4.69) is 10.0 Å². The fourth-order valence-electron chi connectivity index (χ4n) is 2.93. The lowest BCUT2D eigenvalue weighted by Crippen LogP contribution is -2.45. The zero-order valence-electron chi connectivity index (χ0n) is 16.5. The lowest BCUT2D eigenvalue weighted by molar-refractivity contribution is -0.117. The van der Waals surface area contributed by atoms with Gasteiger partial charge in [0.15, 0.2) is 0 Å². The molecule has 0 aromatic heterocycles. The van der Waals surface area contributed by atoms with Crippen LogP contribution in [0, 0.1) is 0 Å². The van der Waals surface area contributed by atoms with Crippen LogP contribution < -0.4 is 14.8 Å². The highest BCUT2D eigenvalue weighted by Gasteiger charge is 2.29. The summed E-state index contributed by atoms with van der Waals surface area (Å²) in [6.07, 6.45) is 0.124. The monoisotopic (exact) mass is 478 g/mol. The Bertz CT molecular complexity index is 1170. The number of nitrogens with one attached hydrogen (secondary N) is 2. The minimum atomic E-state index is -4.15. The van der Waals surface area contributed by atoms with E-state index in [1.165, 1.54) is 25.3 Å². The molecule has 1 atom stereocenters. The molecule has 1 unspecified atom stereocenters. The van der Waals surface area contributed by atoms with Crippen molar-refractivity contribution in [2.75, 3.05) is 12.4 Å². The highest BCUT2D eigenvalue weighted by molar-refractivity contribution is 7.89. The Kier molecular flexibility index (Phi) is 7.56. The predicted molar refractivity (Wildman–Crippen MR) is 122 cm³/mol. The normalized spacial score (nSPS) is 12.2. The standard InChI is InChI=1S/C22H20Cl2N2O4S/c1-30-20-12-11-16(23)14-21(20)31(28,29)26-19(13-15-7-3-2-4-8-15)22(27)25-18-10-6-5-9-17(18)24/h2-12,14,19,26H,13H2,1H3,(H,25,27). The van der Waals surface area contributed by atoms with Gasteiger partial charge in [-0.25, -0.2) is 8.42 Å². The second-order valence-electron chi connectivity index (χ2n) is 6.63. The molecule has 0 bridgehead atoms. The molecule has 31 heavy (non-hydrogen) atoms. The zero-order chi connectivity index (χ0) is 22.4. The van der Waals surface area contributed by atoms with Crippen molar-refractivity contribution in [1.29, 1.82) is 0 Å². The first-order chi connectivity index (χ1) is 14.8. The SMILES string of the molecule is COc1ccc(Cl)cc1S(=O)(=O)NC(Cc1ccccc1)C(=O)Nc1ccccc1Cl. The van der Waals surface area contributed by atoms with Crippen molar-refractivity contribution < 1.29 is 17.9 Å². The Balaban J connectivity index is 1.93. The van der Waals surface area contributed by atoms with Crippen molar-refractivity contribution in [3.05, 3.63) is 88.4 Å². The third-order valence-corrected chi connectivity index (χ3v) is 6.50. The van der Waals surface area contributed by atoms with E-state index in [1.807, 2.05) is 30.3 Å². The number of sulfonamides is 1. The van der Waals surface area contributed by atoms with Crippen molar-refractivity contribution in [2.45, 2.75) is 17.4 Å². The molecule has 3 aromatic rings. The summed E-state index contributed by atoms with van der Waals surface area (Å²) in [6, 6.07) is 18.9. The number of benzene rings is 3. The number of methoxy groups -OCH3 is 1. The molecule has 162 valence electrons. The molecule has 0 aliphatic heterocycles. The summed E-state index contributed by atoms with van der Waals surface area (Å²) in [7, 11) is -2.79. The topological polar surface area (TPSA) is 84.5 Å². The smallest absolute Gasteiger partial charge is 0.245 e. The van der Waals surface area contributed by atoms with Gasteiger partial charge in [-0.2, -0.15) is 4.72 Å². The number of carbonyl (C=O) groups excluding carboxylic acids is 1. The molecule has 0 radical (unpaired) electrons. The van der Waals surface area contributed by atoms with E-state index in [0.717, 1.165) is 5.56 Å². The first-order valence-corrected chi connectivity index (χ1v) is 11.5. The van der Waals surface area contributed by atoms with E-state index in [-0.39, 0.29) is 22.1 Å². The van der Waals surface area contributed by atoms with Gasteiger partial charge in [-0.15, -0.1) is 0 Å². The molecule has 0 fully saturated rings. The Morgan fingerprint density at radius 2 is 1.68 bits per heavy atom. The van der Waals surface area contributed by atoms with E-state index in [4.69, 9.17) is 27.9 Å². The molecule has 3 aromatic carbocycles. The van der Waals surface area contributed by atoms with E-state index in [9.17, 15) is 13.2 Å². The third-order valence-electron chi connectivity index (χ3n) is 4.44. The highest BCUT2D eigenvalue weighted by atomic mass is 35.5. The quantitative estimate of drug-likeness (QED) is 0.497. The molecule has 6 nitrogen and oxygen atoms in total. The zero-order valence-corrected chi connectivity index (χ0v) is 18.8. The molecule has 1 amide bonds. The van der Waals surface area contributed by atoms with Crippen LogP contribution in [0.2, 0.25) is 10.0 Å². The van der Waals surface area contributed by atoms with Crippen LogP contribution in [-0.2, 0) is 21.2 Å².